The first-order chi connectivity index (χ1) is 7.69. The van der Waals surface area contributed by atoms with E-state index in [2.05, 4.69) is 55.9 Å². The molecule has 0 amide bonds. The molecule has 0 aromatic rings. The molecular weight excluding hydrogens is 198 g/mol. The second kappa shape index (κ2) is 8.43. The fourth-order valence-electron chi connectivity index (χ4n) is 2.12. The van der Waals surface area contributed by atoms with Gasteiger partial charge in [-0.1, -0.05) is 0 Å². The van der Waals surface area contributed by atoms with Crippen LogP contribution in [-0.4, -0.2) is 59.6 Å². The van der Waals surface area contributed by atoms with Crippen LogP contribution < -0.4 is 0 Å². The molecule has 0 atom stereocenters. The van der Waals surface area contributed by atoms with Gasteiger partial charge >= 0.3 is 5.96 Å². The van der Waals surface area contributed by atoms with E-state index in [1.807, 2.05) is 0 Å². The lowest BCUT2D eigenvalue weighted by Crippen LogP contribution is -2.49. The first-order valence-electron chi connectivity index (χ1n) is 6.81. The van der Waals surface area contributed by atoms with Crippen LogP contribution in [0.4, 0.5) is 0 Å². The summed E-state index contributed by atoms with van der Waals surface area (Å²) in [6.07, 6.45) is 0. The molecule has 3 nitrogen and oxygen atoms in total. The highest BCUT2D eigenvalue weighted by atomic mass is 15.4. The average Bonchev–Trinajstić information content (AvgIpc) is 2.33. The Labute approximate surface area is 102 Å². The van der Waals surface area contributed by atoms with Gasteiger partial charge in [0.2, 0.25) is 0 Å². The Morgan fingerprint density at radius 3 is 1.19 bits per heavy atom. The van der Waals surface area contributed by atoms with Crippen LogP contribution >= 0.6 is 0 Å². The van der Waals surface area contributed by atoms with E-state index in [9.17, 15) is 0 Å². The number of hydrogen-bond acceptors (Lipinski definition) is 0. The third kappa shape index (κ3) is 3.69. The zero-order chi connectivity index (χ0) is 12.6. The van der Waals surface area contributed by atoms with Crippen LogP contribution in [0.25, 0.3) is 0 Å². The van der Waals surface area contributed by atoms with Gasteiger partial charge in [0.25, 0.3) is 0 Å². The van der Waals surface area contributed by atoms with Gasteiger partial charge < -0.3 is 0 Å². The summed E-state index contributed by atoms with van der Waals surface area (Å²) in [5.74, 6) is 1.40. The van der Waals surface area contributed by atoms with E-state index in [4.69, 9.17) is 0 Å². The second-order valence-corrected chi connectivity index (χ2v) is 3.82. The van der Waals surface area contributed by atoms with Gasteiger partial charge in [-0.25, -0.2) is 0 Å². The van der Waals surface area contributed by atoms with E-state index in [0.717, 1.165) is 39.3 Å². The maximum Gasteiger partial charge on any atom is 0.350 e. The molecule has 0 rings (SSSR count). The van der Waals surface area contributed by atoms with Gasteiger partial charge in [0.15, 0.2) is 0 Å². The summed E-state index contributed by atoms with van der Waals surface area (Å²) in [5, 5.41) is 0. The van der Waals surface area contributed by atoms with Gasteiger partial charge in [-0.05, 0) is 41.5 Å². The lowest BCUT2D eigenvalue weighted by molar-refractivity contribution is -0.531. The summed E-state index contributed by atoms with van der Waals surface area (Å²) < 4.78 is 2.46. The normalized spacial score (nSPS) is 10.1. The van der Waals surface area contributed by atoms with Crippen molar-refractivity contribution in [3.8, 4) is 0 Å². The van der Waals surface area contributed by atoms with Crippen molar-refractivity contribution in [2.75, 3.05) is 39.3 Å². The Morgan fingerprint density at radius 2 is 1.00 bits per heavy atom. The topological polar surface area (TPSA) is 9.49 Å². The first kappa shape index (κ1) is 15.3. The predicted molar refractivity (Wildman–Crippen MR) is 72.2 cm³/mol. The summed E-state index contributed by atoms with van der Waals surface area (Å²) >= 11 is 0. The fourth-order valence-corrected chi connectivity index (χ4v) is 2.12. The molecule has 0 aliphatic heterocycles. The van der Waals surface area contributed by atoms with Gasteiger partial charge in [-0.2, -0.15) is 0 Å². The molecule has 0 spiro atoms. The van der Waals surface area contributed by atoms with Crippen LogP contribution in [0.15, 0.2) is 0 Å². The molecule has 0 aromatic heterocycles. The van der Waals surface area contributed by atoms with Crippen LogP contribution in [0.5, 0.6) is 0 Å². The summed E-state index contributed by atoms with van der Waals surface area (Å²) in [5.41, 5.74) is 0. The fraction of sp³-hybridized carbons (Fsp3) is 0.923. The summed E-state index contributed by atoms with van der Waals surface area (Å²) in [6.45, 7) is 19.9. The Bertz CT molecular complexity index is 183. The second-order valence-electron chi connectivity index (χ2n) is 3.82. The highest BCUT2D eigenvalue weighted by Crippen LogP contribution is 2.00. The van der Waals surface area contributed by atoms with Gasteiger partial charge in [0.1, 0.15) is 0 Å². The summed E-state index contributed by atoms with van der Waals surface area (Å²) in [4.78, 5) is 4.92. The van der Waals surface area contributed by atoms with E-state index in [1.54, 1.807) is 0 Å². The van der Waals surface area contributed by atoms with Gasteiger partial charge in [-0.3, -0.25) is 14.4 Å². The van der Waals surface area contributed by atoms with Gasteiger partial charge in [-0.15, -0.1) is 0 Å². The molecule has 0 heterocycles. The highest BCUT2D eigenvalue weighted by Gasteiger charge is 2.24. The summed E-state index contributed by atoms with van der Waals surface area (Å²) in [7, 11) is 0. The van der Waals surface area contributed by atoms with Crippen LogP contribution in [0.2, 0.25) is 0 Å². The molecular formula is C13H30N3+. The van der Waals surface area contributed by atoms with Crippen molar-refractivity contribution in [2.24, 2.45) is 0 Å². The molecule has 0 N–H and O–H groups in total. The van der Waals surface area contributed by atoms with Crippen LogP contribution in [0.1, 0.15) is 41.5 Å². The van der Waals surface area contributed by atoms with Crippen LogP contribution in [0.3, 0.4) is 0 Å². The Kier molecular flexibility index (Phi) is 8.04. The van der Waals surface area contributed by atoms with Crippen molar-refractivity contribution in [1.82, 2.24) is 9.80 Å². The minimum Gasteiger partial charge on any atom is -0.265 e. The van der Waals surface area contributed by atoms with E-state index in [0.29, 0.717) is 0 Å². The van der Waals surface area contributed by atoms with Crippen molar-refractivity contribution in [1.29, 1.82) is 0 Å². The average molecular weight is 228 g/mol. The van der Waals surface area contributed by atoms with Crippen molar-refractivity contribution in [3.05, 3.63) is 0 Å². The zero-order valence-corrected chi connectivity index (χ0v) is 12.1. The van der Waals surface area contributed by atoms with Crippen LogP contribution in [-0.2, 0) is 0 Å². The molecule has 3 heteroatoms. The molecule has 0 bridgehead atoms. The maximum atomic E-state index is 2.46. The molecule has 0 saturated carbocycles. The van der Waals surface area contributed by atoms with Crippen molar-refractivity contribution in [2.45, 2.75) is 41.5 Å². The number of hydrogen-bond donors (Lipinski definition) is 0. The Hall–Kier alpha value is -0.730. The standard InChI is InChI=1S/C13H30N3/c1-7-14(8-2)13(15(9-3)10-4)16(11-5)12-6/h7-12H2,1-6H3/q+1. The lowest BCUT2D eigenvalue weighted by atomic mass is 10.4. The predicted octanol–water partition coefficient (Wildman–Crippen LogP) is 2.08. The molecule has 0 saturated heterocycles. The third-order valence-corrected chi connectivity index (χ3v) is 3.14. The number of nitrogens with zero attached hydrogens (tertiary/aromatic N) is 3. The van der Waals surface area contributed by atoms with E-state index < -0.39 is 0 Å². The minimum absolute atomic E-state index is 1.08. The molecule has 16 heavy (non-hydrogen) atoms. The van der Waals surface area contributed by atoms with Gasteiger partial charge in [0.05, 0.1) is 39.3 Å². The molecule has 0 aromatic carbocycles. The van der Waals surface area contributed by atoms with E-state index >= 15 is 0 Å². The Balaban J connectivity index is 5.23. The highest BCUT2D eigenvalue weighted by molar-refractivity contribution is 5.75. The van der Waals surface area contributed by atoms with Crippen molar-refractivity contribution >= 4 is 5.96 Å². The SMILES string of the molecule is CCN(CC)C(N(CC)CC)=[N+](CC)CC. The molecule has 0 aliphatic carbocycles. The number of rotatable bonds is 6. The third-order valence-electron chi connectivity index (χ3n) is 3.14. The monoisotopic (exact) mass is 228 g/mol. The molecule has 0 aliphatic rings. The van der Waals surface area contributed by atoms with E-state index in [-0.39, 0.29) is 0 Å². The quantitative estimate of drug-likeness (QED) is 0.391. The zero-order valence-electron chi connectivity index (χ0n) is 12.1. The smallest absolute Gasteiger partial charge is 0.265 e. The molecule has 0 unspecified atom stereocenters. The molecule has 96 valence electrons. The molecule has 0 fully saturated rings. The van der Waals surface area contributed by atoms with Crippen LogP contribution in [0, 0.1) is 0 Å². The minimum atomic E-state index is 1.08. The lowest BCUT2D eigenvalue weighted by Gasteiger charge is -2.27. The summed E-state index contributed by atoms with van der Waals surface area (Å²) in [6, 6.07) is 0. The largest absolute Gasteiger partial charge is 0.350 e. The van der Waals surface area contributed by atoms with Gasteiger partial charge in [0, 0.05) is 0 Å². The maximum absolute atomic E-state index is 2.46. The van der Waals surface area contributed by atoms with Crippen molar-refractivity contribution < 1.29 is 4.58 Å². The molecule has 0 radical (unpaired) electrons. The van der Waals surface area contributed by atoms with E-state index in [1.165, 1.54) is 5.96 Å². The first-order valence-corrected chi connectivity index (χ1v) is 6.81. The number of guanidine groups is 1. The van der Waals surface area contributed by atoms with Crippen molar-refractivity contribution in [3.63, 3.8) is 0 Å². The Morgan fingerprint density at radius 1 is 0.688 bits per heavy atom.